The third-order valence-corrected chi connectivity index (χ3v) is 4.51. The van der Waals surface area contributed by atoms with Crippen molar-refractivity contribution < 1.29 is 30.0 Å². The van der Waals surface area contributed by atoms with Gasteiger partial charge in [0.05, 0.1) is 6.61 Å². The lowest BCUT2D eigenvalue weighted by Gasteiger charge is -2.33. The van der Waals surface area contributed by atoms with Crippen LogP contribution in [-0.4, -0.2) is 86.9 Å². The summed E-state index contributed by atoms with van der Waals surface area (Å²) >= 11 is 0. The van der Waals surface area contributed by atoms with Gasteiger partial charge in [0.25, 0.3) is 5.91 Å². The molecule has 8 nitrogen and oxygen atoms in total. The van der Waals surface area contributed by atoms with Gasteiger partial charge in [-0.1, -0.05) is 18.9 Å². The molecule has 4 atom stereocenters. The van der Waals surface area contributed by atoms with Crippen molar-refractivity contribution in [1.29, 1.82) is 0 Å². The standard InChI is InChI=1S/C18H28N2O6/c21-12-15(23)17-16(24)14(22)11-20(9-5-1-2-6-10-26-17)18(25)13-7-3-4-8-19-13/h3-4,7-8,14-17,21-24H,1-2,5-6,9-12H2/t14-,15+,16+,17+/m0/s1. The third kappa shape index (κ3) is 5.72. The molecule has 0 aliphatic carbocycles. The van der Waals surface area contributed by atoms with E-state index >= 15 is 0 Å². The first-order valence-electron chi connectivity index (χ1n) is 9.01. The van der Waals surface area contributed by atoms with Crippen molar-refractivity contribution in [3.05, 3.63) is 30.1 Å². The average molecular weight is 368 g/mol. The Morgan fingerprint density at radius 2 is 2.04 bits per heavy atom. The third-order valence-electron chi connectivity index (χ3n) is 4.51. The van der Waals surface area contributed by atoms with Gasteiger partial charge in [-0.25, -0.2) is 0 Å². The number of rotatable bonds is 3. The van der Waals surface area contributed by atoms with Crippen LogP contribution in [0.25, 0.3) is 0 Å². The number of aliphatic hydroxyl groups excluding tert-OH is 4. The molecule has 2 heterocycles. The SMILES string of the molecule is O=C(c1ccccn1)N1CCCCCCO[C@H]([C@H](O)CO)[C@H](O)[C@@H](O)C1. The molecular weight excluding hydrogens is 340 g/mol. The number of carbonyl (C=O) groups excluding carboxylic acids is 1. The molecule has 26 heavy (non-hydrogen) atoms. The average Bonchev–Trinajstić information content (AvgIpc) is 2.67. The molecule has 1 aliphatic rings. The molecule has 0 saturated carbocycles. The van der Waals surface area contributed by atoms with Crippen molar-refractivity contribution in [2.24, 2.45) is 0 Å². The highest BCUT2D eigenvalue weighted by Gasteiger charge is 2.34. The van der Waals surface area contributed by atoms with E-state index in [4.69, 9.17) is 4.74 Å². The zero-order valence-electron chi connectivity index (χ0n) is 14.8. The van der Waals surface area contributed by atoms with Gasteiger partial charge >= 0.3 is 0 Å². The Labute approximate surface area is 153 Å². The summed E-state index contributed by atoms with van der Waals surface area (Å²) in [4.78, 5) is 18.2. The number of amides is 1. The van der Waals surface area contributed by atoms with Gasteiger partial charge in [-0.05, 0) is 25.0 Å². The molecular formula is C18H28N2O6. The molecule has 1 aliphatic heterocycles. The Balaban J connectivity index is 2.15. The zero-order chi connectivity index (χ0) is 18.9. The molecule has 1 fully saturated rings. The fraction of sp³-hybridized carbons (Fsp3) is 0.667. The number of aliphatic hydroxyl groups is 4. The Bertz CT molecular complexity index is 544. The van der Waals surface area contributed by atoms with Crippen molar-refractivity contribution in [3.63, 3.8) is 0 Å². The summed E-state index contributed by atoms with van der Waals surface area (Å²) < 4.78 is 5.49. The Kier molecular flexibility index (Phi) is 8.40. The fourth-order valence-electron chi connectivity index (χ4n) is 3.00. The monoisotopic (exact) mass is 368 g/mol. The van der Waals surface area contributed by atoms with E-state index in [-0.39, 0.29) is 18.1 Å². The minimum atomic E-state index is -1.43. The van der Waals surface area contributed by atoms with Crippen LogP contribution >= 0.6 is 0 Å². The van der Waals surface area contributed by atoms with Crippen molar-refractivity contribution in [2.75, 3.05) is 26.3 Å². The highest BCUT2D eigenvalue weighted by Crippen LogP contribution is 2.15. The first kappa shape index (κ1) is 20.7. The van der Waals surface area contributed by atoms with Gasteiger partial charge in [0.1, 0.15) is 30.1 Å². The normalized spacial score (nSPS) is 27.2. The number of hydrogen-bond donors (Lipinski definition) is 4. The van der Waals surface area contributed by atoms with Crippen LogP contribution < -0.4 is 0 Å². The molecule has 0 aromatic carbocycles. The van der Waals surface area contributed by atoms with Crippen LogP contribution in [0.15, 0.2) is 24.4 Å². The minimum Gasteiger partial charge on any atom is -0.394 e. The van der Waals surface area contributed by atoms with Gasteiger partial charge in [-0.3, -0.25) is 9.78 Å². The Hall–Kier alpha value is -1.58. The predicted molar refractivity (Wildman–Crippen MR) is 93.5 cm³/mol. The number of aromatic nitrogens is 1. The quantitative estimate of drug-likeness (QED) is 0.570. The molecule has 0 unspecified atom stereocenters. The van der Waals surface area contributed by atoms with Gasteiger partial charge in [-0.2, -0.15) is 0 Å². The van der Waals surface area contributed by atoms with E-state index in [1.54, 1.807) is 18.2 Å². The topological polar surface area (TPSA) is 123 Å². The zero-order valence-corrected chi connectivity index (χ0v) is 14.8. The maximum Gasteiger partial charge on any atom is 0.272 e. The minimum absolute atomic E-state index is 0.116. The summed E-state index contributed by atoms with van der Waals surface area (Å²) in [6.07, 6.45) is -0.410. The highest BCUT2D eigenvalue weighted by molar-refractivity contribution is 5.92. The number of carbonyl (C=O) groups is 1. The van der Waals surface area contributed by atoms with Gasteiger partial charge < -0.3 is 30.1 Å². The van der Waals surface area contributed by atoms with Crippen LogP contribution in [0.3, 0.4) is 0 Å². The summed E-state index contributed by atoms with van der Waals surface area (Å²) in [5.74, 6) is -0.325. The summed E-state index contributed by atoms with van der Waals surface area (Å²) in [6, 6.07) is 5.02. The van der Waals surface area contributed by atoms with Gasteiger partial charge in [-0.15, -0.1) is 0 Å². The smallest absolute Gasteiger partial charge is 0.272 e. The maximum atomic E-state index is 12.7. The predicted octanol–water partition coefficient (Wildman–Crippen LogP) is -0.442. The molecule has 0 radical (unpaired) electrons. The number of hydrogen-bond acceptors (Lipinski definition) is 7. The fourth-order valence-corrected chi connectivity index (χ4v) is 3.00. The number of ether oxygens (including phenoxy) is 1. The molecule has 1 aromatic rings. The summed E-state index contributed by atoms with van der Waals surface area (Å²) in [6.45, 7) is 0.0506. The van der Waals surface area contributed by atoms with E-state index < -0.39 is 31.0 Å². The van der Waals surface area contributed by atoms with Crippen molar-refractivity contribution in [1.82, 2.24) is 9.88 Å². The molecule has 146 valence electrons. The van der Waals surface area contributed by atoms with Crippen molar-refractivity contribution >= 4 is 5.91 Å². The van der Waals surface area contributed by atoms with Crippen LogP contribution in [0, 0.1) is 0 Å². The molecule has 0 spiro atoms. The van der Waals surface area contributed by atoms with E-state index in [2.05, 4.69) is 4.98 Å². The lowest BCUT2D eigenvalue weighted by Crippen LogP contribution is -2.52. The summed E-state index contributed by atoms with van der Waals surface area (Å²) in [5, 5.41) is 39.9. The molecule has 1 amide bonds. The van der Waals surface area contributed by atoms with Gasteiger partial charge in [0, 0.05) is 25.9 Å². The molecule has 1 saturated heterocycles. The van der Waals surface area contributed by atoms with Crippen LogP contribution in [0.5, 0.6) is 0 Å². The largest absolute Gasteiger partial charge is 0.394 e. The maximum absolute atomic E-state index is 12.7. The summed E-state index contributed by atoms with van der Waals surface area (Å²) in [5.41, 5.74) is 0.268. The van der Waals surface area contributed by atoms with E-state index in [0.717, 1.165) is 25.7 Å². The van der Waals surface area contributed by atoms with Crippen molar-refractivity contribution in [2.45, 2.75) is 50.1 Å². The first-order valence-corrected chi connectivity index (χ1v) is 9.01. The summed E-state index contributed by atoms with van der Waals surface area (Å²) in [7, 11) is 0. The first-order chi connectivity index (χ1) is 12.5. The lowest BCUT2D eigenvalue weighted by molar-refractivity contribution is -0.145. The van der Waals surface area contributed by atoms with E-state index in [0.29, 0.717) is 13.2 Å². The molecule has 8 heteroatoms. The second-order valence-electron chi connectivity index (χ2n) is 6.52. The van der Waals surface area contributed by atoms with Crippen LogP contribution in [0.4, 0.5) is 0 Å². The molecule has 0 bridgehead atoms. The Morgan fingerprint density at radius 1 is 1.27 bits per heavy atom. The van der Waals surface area contributed by atoms with E-state index in [1.165, 1.54) is 11.1 Å². The van der Waals surface area contributed by atoms with E-state index in [9.17, 15) is 25.2 Å². The molecule has 2 rings (SSSR count). The number of β-amino-alcohol motifs (C(OH)–C–C–N with tert-alkyl or cyclic N) is 1. The van der Waals surface area contributed by atoms with Crippen molar-refractivity contribution in [3.8, 4) is 0 Å². The van der Waals surface area contributed by atoms with Gasteiger partial charge in [0.2, 0.25) is 0 Å². The Morgan fingerprint density at radius 3 is 2.73 bits per heavy atom. The number of pyridine rings is 1. The van der Waals surface area contributed by atoms with Gasteiger partial charge in [0.15, 0.2) is 0 Å². The van der Waals surface area contributed by atoms with Crippen LogP contribution in [0.2, 0.25) is 0 Å². The second-order valence-corrected chi connectivity index (χ2v) is 6.52. The van der Waals surface area contributed by atoms with Crippen LogP contribution in [0.1, 0.15) is 36.2 Å². The van der Waals surface area contributed by atoms with E-state index in [1.807, 2.05) is 0 Å². The highest BCUT2D eigenvalue weighted by atomic mass is 16.5. The number of nitrogens with zero attached hydrogens (tertiary/aromatic N) is 2. The second kappa shape index (κ2) is 10.5. The molecule has 1 aromatic heterocycles. The van der Waals surface area contributed by atoms with Crippen LogP contribution in [-0.2, 0) is 4.74 Å². The lowest BCUT2D eigenvalue weighted by atomic mass is 10.0. The molecule has 4 N–H and O–H groups in total.